The summed E-state index contributed by atoms with van der Waals surface area (Å²) >= 11 is 3.26. The molecule has 0 unspecified atom stereocenters. The number of halogens is 1. The van der Waals surface area contributed by atoms with Crippen LogP contribution in [0.3, 0.4) is 0 Å². The highest BCUT2D eigenvalue weighted by atomic mass is 79.9. The van der Waals surface area contributed by atoms with Crippen molar-refractivity contribution in [2.75, 3.05) is 13.2 Å². The molecule has 3 rings (SSSR count). The number of ether oxygens (including phenoxy) is 2. The topological polar surface area (TPSA) is 93.3 Å². The summed E-state index contributed by atoms with van der Waals surface area (Å²) in [6.45, 7) is 4.69. The maximum Gasteiger partial charge on any atom is 0.307 e. The number of carbonyl (C=O) groups excluding carboxylic acids is 1. The van der Waals surface area contributed by atoms with Crippen molar-refractivity contribution in [2.45, 2.75) is 13.8 Å². The summed E-state index contributed by atoms with van der Waals surface area (Å²) in [5.41, 5.74) is 3.64. The molecule has 0 fully saturated rings. The fraction of sp³-hybridized carbons (Fsp3) is 0.200. The minimum absolute atomic E-state index is 0.0109. The number of rotatable bonds is 7. The minimum atomic E-state index is -0.478. The molecule has 8 heteroatoms. The summed E-state index contributed by atoms with van der Waals surface area (Å²) in [6, 6.07) is 10.3. The fourth-order valence-corrected chi connectivity index (χ4v) is 3.00. The van der Waals surface area contributed by atoms with Crippen molar-refractivity contribution in [3.63, 3.8) is 0 Å². The van der Waals surface area contributed by atoms with Crippen molar-refractivity contribution < 1.29 is 23.8 Å². The van der Waals surface area contributed by atoms with Gasteiger partial charge < -0.3 is 19.0 Å². The van der Waals surface area contributed by atoms with Crippen LogP contribution < -0.4 is 14.9 Å². The number of nitrogens with one attached hydrogen (secondary N) is 1. The van der Waals surface area contributed by atoms with Crippen LogP contribution in [0.25, 0.3) is 11.0 Å². The van der Waals surface area contributed by atoms with Gasteiger partial charge in [-0.05, 0) is 71.7 Å². The molecular formula is C20H19BrN2O5. The number of phenols is 1. The Morgan fingerprint density at radius 2 is 2.00 bits per heavy atom. The molecule has 0 aliphatic carbocycles. The highest BCUT2D eigenvalue weighted by Gasteiger charge is 2.13. The second-order valence-corrected chi connectivity index (χ2v) is 6.58. The molecule has 0 aliphatic rings. The number of phenolic OH excluding ortho intramolecular Hbond substituents is 1. The van der Waals surface area contributed by atoms with Crippen LogP contribution in [0.15, 0.2) is 50.4 Å². The van der Waals surface area contributed by atoms with E-state index in [0.717, 1.165) is 5.39 Å². The zero-order valence-electron chi connectivity index (χ0n) is 15.4. The van der Waals surface area contributed by atoms with Crippen molar-refractivity contribution in [3.8, 4) is 17.2 Å². The van der Waals surface area contributed by atoms with E-state index in [2.05, 4.69) is 26.5 Å². The Hall–Kier alpha value is -3.00. The number of hydrogen-bond donors (Lipinski definition) is 2. The lowest BCUT2D eigenvalue weighted by Crippen LogP contribution is -2.16. The van der Waals surface area contributed by atoms with Crippen LogP contribution in [0.4, 0.5) is 0 Å². The van der Waals surface area contributed by atoms with E-state index in [-0.39, 0.29) is 11.5 Å². The summed E-state index contributed by atoms with van der Waals surface area (Å²) in [6.07, 6.45) is 1.44. The maximum atomic E-state index is 12.3. The van der Waals surface area contributed by atoms with E-state index in [9.17, 15) is 9.90 Å². The number of aromatic hydroxyl groups is 1. The lowest BCUT2D eigenvalue weighted by molar-refractivity contribution is 0.0929. The molecule has 7 nitrogen and oxygen atoms in total. The van der Waals surface area contributed by atoms with Gasteiger partial charge in [-0.15, -0.1) is 0 Å². The van der Waals surface area contributed by atoms with Gasteiger partial charge in [0.2, 0.25) is 0 Å². The van der Waals surface area contributed by atoms with Gasteiger partial charge in [-0.1, -0.05) is 0 Å². The first-order chi connectivity index (χ1) is 13.5. The highest BCUT2D eigenvalue weighted by Crippen LogP contribution is 2.35. The molecule has 0 atom stereocenters. The number of hydrogen-bond acceptors (Lipinski definition) is 6. The highest BCUT2D eigenvalue weighted by molar-refractivity contribution is 9.10. The molecule has 0 saturated carbocycles. The van der Waals surface area contributed by atoms with E-state index in [4.69, 9.17) is 13.9 Å². The summed E-state index contributed by atoms with van der Waals surface area (Å²) in [4.78, 5) is 12.3. The first kappa shape index (κ1) is 19.8. The van der Waals surface area contributed by atoms with Gasteiger partial charge in [0.05, 0.1) is 23.9 Å². The molecule has 1 amide bonds. The van der Waals surface area contributed by atoms with E-state index in [0.29, 0.717) is 40.3 Å². The molecule has 146 valence electrons. The smallest absolute Gasteiger partial charge is 0.307 e. The molecule has 2 N–H and O–H groups in total. The van der Waals surface area contributed by atoms with Gasteiger partial charge in [0, 0.05) is 5.39 Å². The van der Waals surface area contributed by atoms with Gasteiger partial charge >= 0.3 is 5.91 Å². The number of nitrogens with zero attached hydrogens (tertiary/aromatic N) is 1. The van der Waals surface area contributed by atoms with Gasteiger partial charge in [-0.25, -0.2) is 5.43 Å². The molecule has 2 aromatic carbocycles. The van der Waals surface area contributed by atoms with Crippen LogP contribution in [0.5, 0.6) is 17.2 Å². The Labute approximate surface area is 170 Å². The lowest BCUT2D eigenvalue weighted by Gasteiger charge is -2.08. The molecule has 0 bridgehead atoms. The predicted molar refractivity (Wildman–Crippen MR) is 109 cm³/mol. The van der Waals surface area contributed by atoms with Gasteiger partial charge in [0.1, 0.15) is 11.3 Å². The van der Waals surface area contributed by atoms with Gasteiger partial charge in [0.15, 0.2) is 17.3 Å². The van der Waals surface area contributed by atoms with E-state index >= 15 is 0 Å². The van der Waals surface area contributed by atoms with Gasteiger partial charge in [-0.2, -0.15) is 5.10 Å². The number of furan rings is 1. The second-order valence-electron chi connectivity index (χ2n) is 5.72. The number of hydrazone groups is 1. The van der Waals surface area contributed by atoms with Gasteiger partial charge in [-0.3, -0.25) is 4.79 Å². The van der Waals surface area contributed by atoms with Crippen molar-refractivity contribution in [1.82, 2.24) is 5.43 Å². The SMILES string of the molecule is CCOc1ccc2oc(C(=O)N/N=C/c3cc(Br)c(O)c(OCC)c3)cc2c1. The van der Waals surface area contributed by atoms with E-state index in [1.807, 2.05) is 19.9 Å². The predicted octanol–water partition coefficient (Wildman–Crippen LogP) is 4.46. The Bertz CT molecular complexity index is 1030. The van der Waals surface area contributed by atoms with Crippen molar-refractivity contribution >= 4 is 39.0 Å². The third-order valence-electron chi connectivity index (χ3n) is 3.75. The summed E-state index contributed by atoms with van der Waals surface area (Å²) in [5, 5.41) is 14.6. The standard InChI is InChI=1S/C20H19BrN2O5/c1-3-26-14-5-6-16-13(9-14)10-18(28-16)20(25)23-22-11-12-7-15(21)19(24)17(8-12)27-4-2/h5-11,24H,3-4H2,1-2H3,(H,23,25)/b22-11+. The third kappa shape index (κ3) is 4.45. The molecule has 1 heterocycles. The quantitative estimate of drug-likeness (QED) is 0.412. The Balaban J connectivity index is 1.72. The molecule has 0 radical (unpaired) electrons. The van der Waals surface area contributed by atoms with Crippen molar-refractivity contribution in [2.24, 2.45) is 5.10 Å². The maximum absolute atomic E-state index is 12.3. The van der Waals surface area contributed by atoms with E-state index in [1.165, 1.54) is 6.21 Å². The Kier molecular flexibility index (Phi) is 6.20. The van der Waals surface area contributed by atoms with Gasteiger partial charge in [0.25, 0.3) is 0 Å². The fourth-order valence-electron chi connectivity index (χ4n) is 2.54. The average Bonchev–Trinajstić information content (AvgIpc) is 3.09. The van der Waals surface area contributed by atoms with Crippen LogP contribution in [-0.4, -0.2) is 30.4 Å². The number of carbonyl (C=O) groups is 1. The Morgan fingerprint density at radius 3 is 2.75 bits per heavy atom. The summed E-state index contributed by atoms with van der Waals surface area (Å²) in [5.74, 6) is 0.712. The monoisotopic (exact) mass is 446 g/mol. The van der Waals surface area contributed by atoms with Crippen LogP contribution in [0.1, 0.15) is 30.0 Å². The minimum Gasteiger partial charge on any atom is -0.503 e. The zero-order valence-corrected chi connectivity index (χ0v) is 16.9. The average molecular weight is 447 g/mol. The normalized spacial score (nSPS) is 11.1. The van der Waals surface area contributed by atoms with Crippen molar-refractivity contribution in [1.29, 1.82) is 0 Å². The van der Waals surface area contributed by atoms with E-state index in [1.54, 1.807) is 30.3 Å². The third-order valence-corrected chi connectivity index (χ3v) is 4.36. The molecule has 28 heavy (non-hydrogen) atoms. The lowest BCUT2D eigenvalue weighted by atomic mass is 10.2. The van der Waals surface area contributed by atoms with Crippen LogP contribution in [0.2, 0.25) is 0 Å². The van der Waals surface area contributed by atoms with Crippen LogP contribution >= 0.6 is 15.9 Å². The first-order valence-electron chi connectivity index (χ1n) is 8.67. The van der Waals surface area contributed by atoms with Crippen molar-refractivity contribution in [3.05, 3.63) is 52.2 Å². The second kappa shape index (κ2) is 8.79. The zero-order chi connectivity index (χ0) is 20.1. The van der Waals surface area contributed by atoms with Crippen LogP contribution in [-0.2, 0) is 0 Å². The molecule has 3 aromatic rings. The summed E-state index contributed by atoms with van der Waals surface area (Å²) in [7, 11) is 0. The molecule has 1 aromatic heterocycles. The van der Waals surface area contributed by atoms with E-state index < -0.39 is 5.91 Å². The van der Waals surface area contributed by atoms with Crippen LogP contribution in [0, 0.1) is 0 Å². The largest absolute Gasteiger partial charge is 0.503 e. The number of fused-ring (bicyclic) bond motifs is 1. The number of benzene rings is 2. The molecule has 0 spiro atoms. The molecule has 0 saturated heterocycles. The molecule has 0 aliphatic heterocycles. The molecular weight excluding hydrogens is 428 g/mol. The summed E-state index contributed by atoms with van der Waals surface area (Å²) < 4.78 is 16.8. The Morgan fingerprint density at radius 1 is 1.21 bits per heavy atom. The number of amides is 1. The first-order valence-corrected chi connectivity index (χ1v) is 9.46.